The van der Waals surface area contributed by atoms with E-state index in [1.54, 1.807) is 12.1 Å². The Morgan fingerprint density at radius 2 is 1.89 bits per heavy atom. The fraction of sp³-hybridized carbons (Fsp3) is 0.182. The molecule has 2 aromatic rings. The van der Waals surface area contributed by atoms with Gasteiger partial charge in [-0.05, 0) is 26.0 Å². The lowest BCUT2D eigenvalue weighted by atomic mass is 10.3. The molecule has 0 aliphatic rings. The van der Waals surface area contributed by atoms with Crippen LogP contribution >= 0.6 is 11.3 Å². The monoisotopic (exact) mass is 278 g/mol. The maximum absolute atomic E-state index is 10.6. The van der Waals surface area contributed by atoms with Gasteiger partial charge in [-0.2, -0.15) is 0 Å². The van der Waals surface area contributed by atoms with Gasteiger partial charge in [0.1, 0.15) is 5.69 Å². The van der Waals surface area contributed by atoms with Crippen molar-refractivity contribution in [3.05, 3.63) is 45.3 Å². The molecule has 0 fully saturated rings. The summed E-state index contributed by atoms with van der Waals surface area (Å²) < 4.78 is 0. The highest BCUT2D eigenvalue weighted by atomic mass is 32.1. The van der Waals surface area contributed by atoms with Gasteiger partial charge in [0, 0.05) is 17.0 Å². The molecule has 2 N–H and O–H groups in total. The maximum atomic E-state index is 10.6. The minimum absolute atomic E-state index is 0.119. The lowest BCUT2D eigenvalue weighted by Gasteiger charge is -2.24. The van der Waals surface area contributed by atoms with Gasteiger partial charge < -0.3 is 15.6 Å². The zero-order valence-electron chi connectivity index (χ0n) is 10.4. The number of aryl methyl sites for hydroxylation is 2. The predicted octanol–water partition coefficient (Wildman–Crippen LogP) is 2.38. The van der Waals surface area contributed by atoms with Gasteiger partial charge in [-0.25, -0.2) is 4.98 Å². The van der Waals surface area contributed by atoms with Crippen molar-refractivity contribution in [1.82, 2.24) is 4.98 Å². The first-order valence-corrected chi connectivity index (χ1v) is 6.30. The zero-order valence-corrected chi connectivity index (χ0v) is 11.2. The Bertz CT molecular complexity index is 560. The van der Waals surface area contributed by atoms with Gasteiger partial charge in [0.2, 0.25) is 5.13 Å². The molecule has 1 aromatic heterocycles. The molecule has 1 aromatic carbocycles. The van der Waals surface area contributed by atoms with Gasteiger partial charge in [0.15, 0.2) is 0 Å². The number of hydrogen-bond donors (Lipinski definition) is 2. The number of benzene rings is 1. The predicted molar refractivity (Wildman–Crippen MR) is 73.5 cm³/mol. The van der Waals surface area contributed by atoms with E-state index in [9.17, 15) is 10.4 Å². The van der Waals surface area contributed by atoms with Crippen molar-refractivity contribution in [3.63, 3.8) is 0 Å². The molecule has 100 valence electrons. The van der Waals surface area contributed by atoms with Crippen molar-refractivity contribution >= 4 is 27.8 Å². The molecule has 0 spiro atoms. The highest BCUT2D eigenvalue weighted by Gasteiger charge is 2.01. The van der Waals surface area contributed by atoms with Gasteiger partial charge in [-0.3, -0.25) is 5.43 Å². The molecule has 8 heteroatoms. The zero-order chi connectivity index (χ0) is 13.8. The van der Waals surface area contributed by atoms with E-state index in [-0.39, 0.29) is 5.69 Å². The molecule has 0 aliphatic heterocycles. The first kappa shape index (κ1) is 13.6. The number of nitrogens with one attached hydrogen (secondary N) is 2. The summed E-state index contributed by atoms with van der Waals surface area (Å²) in [6.07, 6.45) is 0. The average molecular weight is 278 g/mol. The minimum Gasteiger partial charge on any atom is -0.628 e. The van der Waals surface area contributed by atoms with Crippen LogP contribution < -0.4 is 10.7 Å². The fourth-order valence-electron chi connectivity index (χ4n) is 1.30. The molecule has 7 nitrogen and oxygen atoms in total. The summed E-state index contributed by atoms with van der Waals surface area (Å²) in [5, 5.41) is 28.2. The normalized spacial score (nSPS) is 11.4. The molecule has 0 unspecified atom stereocenters. The SMILES string of the molecule is Cc1nc(/N=N/Nc2ccc([NH+]([O-])[O-])cc2)sc1C. The van der Waals surface area contributed by atoms with E-state index in [1.807, 2.05) is 13.8 Å². The van der Waals surface area contributed by atoms with Crippen LogP contribution in [0.1, 0.15) is 10.6 Å². The molecule has 19 heavy (non-hydrogen) atoms. The van der Waals surface area contributed by atoms with Crippen LogP contribution in [0.15, 0.2) is 34.6 Å². The third-order valence-corrected chi connectivity index (χ3v) is 3.41. The lowest BCUT2D eigenvalue weighted by Crippen LogP contribution is -2.96. The molecular formula is C11H12N5O2S-. The number of anilines is 1. The summed E-state index contributed by atoms with van der Waals surface area (Å²) in [7, 11) is 0. The molecule has 0 aliphatic carbocycles. The van der Waals surface area contributed by atoms with E-state index in [1.165, 1.54) is 23.5 Å². The van der Waals surface area contributed by atoms with Crippen LogP contribution in [0.5, 0.6) is 0 Å². The molecule has 0 radical (unpaired) electrons. The van der Waals surface area contributed by atoms with E-state index >= 15 is 0 Å². The summed E-state index contributed by atoms with van der Waals surface area (Å²) >= 11 is 1.46. The van der Waals surface area contributed by atoms with Crippen LogP contribution in [0, 0.1) is 24.3 Å². The van der Waals surface area contributed by atoms with Gasteiger partial charge in [-0.1, -0.05) is 16.6 Å². The Morgan fingerprint density at radius 3 is 2.42 bits per heavy atom. The number of nitrogens with zero attached hydrogens (tertiary/aromatic N) is 3. The van der Waals surface area contributed by atoms with Gasteiger partial charge in [0.05, 0.1) is 11.4 Å². The molecule has 0 amide bonds. The average Bonchev–Trinajstić information content (AvgIpc) is 2.69. The van der Waals surface area contributed by atoms with E-state index in [4.69, 9.17) is 0 Å². The van der Waals surface area contributed by atoms with Gasteiger partial charge in [0.25, 0.3) is 0 Å². The van der Waals surface area contributed by atoms with E-state index < -0.39 is 5.23 Å². The van der Waals surface area contributed by atoms with Crippen LogP contribution in [0.4, 0.5) is 16.5 Å². The second-order valence-corrected chi connectivity index (χ2v) is 5.00. The lowest BCUT2D eigenvalue weighted by molar-refractivity contribution is -0.715. The van der Waals surface area contributed by atoms with Crippen LogP contribution in [-0.4, -0.2) is 4.98 Å². The fourth-order valence-corrected chi connectivity index (χ4v) is 2.04. The number of rotatable bonds is 4. The highest BCUT2D eigenvalue weighted by Crippen LogP contribution is 2.24. The van der Waals surface area contributed by atoms with Crippen molar-refractivity contribution < 1.29 is 5.23 Å². The third kappa shape index (κ3) is 3.55. The topological polar surface area (TPSA) is 100 Å². The van der Waals surface area contributed by atoms with E-state index in [2.05, 4.69) is 20.7 Å². The quantitative estimate of drug-likeness (QED) is 0.662. The van der Waals surface area contributed by atoms with Crippen molar-refractivity contribution in [2.75, 3.05) is 5.43 Å². The molecule has 0 bridgehead atoms. The summed E-state index contributed by atoms with van der Waals surface area (Å²) in [6, 6.07) is 6.04. The summed E-state index contributed by atoms with van der Waals surface area (Å²) in [5.41, 5.74) is 4.40. The van der Waals surface area contributed by atoms with Crippen LogP contribution in [0.2, 0.25) is 0 Å². The van der Waals surface area contributed by atoms with Crippen LogP contribution in [0.25, 0.3) is 0 Å². The van der Waals surface area contributed by atoms with Gasteiger partial charge in [-0.15, -0.1) is 5.11 Å². The minimum atomic E-state index is -1.21. The highest BCUT2D eigenvalue weighted by molar-refractivity contribution is 7.15. The van der Waals surface area contributed by atoms with Crippen molar-refractivity contribution in [3.8, 4) is 0 Å². The number of aromatic nitrogens is 1. The Balaban J connectivity index is 1.98. The molecule has 0 atom stereocenters. The van der Waals surface area contributed by atoms with Crippen LogP contribution in [0.3, 0.4) is 0 Å². The smallest absolute Gasteiger partial charge is 0.232 e. The second kappa shape index (κ2) is 5.85. The maximum Gasteiger partial charge on any atom is 0.232 e. The Labute approximate surface area is 113 Å². The van der Waals surface area contributed by atoms with Crippen molar-refractivity contribution in [1.29, 1.82) is 0 Å². The molecular weight excluding hydrogens is 266 g/mol. The summed E-state index contributed by atoms with van der Waals surface area (Å²) in [6.45, 7) is 3.88. The van der Waals surface area contributed by atoms with Gasteiger partial charge >= 0.3 is 0 Å². The number of quaternary nitrogens is 1. The largest absolute Gasteiger partial charge is 0.628 e. The van der Waals surface area contributed by atoms with E-state index in [0.29, 0.717) is 10.8 Å². The first-order valence-electron chi connectivity index (χ1n) is 5.48. The van der Waals surface area contributed by atoms with Crippen molar-refractivity contribution in [2.45, 2.75) is 13.8 Å². The Hall–Kier alpha value is -1.87. The Morgan fingerprint density at radius 1 is 1.21 bits per heavy atom. The third-order valence-electron chi connectivity index (χ3n) is 2.45. The Kier molecular flexibility index (Phi) is 4.17. The molecule has 0 saturated carbocycles. The van der Waals surface area contributed by atoms with E-state index in [0.717, 1.165) is 10.6 Å². The van der Waals surface area contributed by atoms with Crippen LogP contribution in [-0.2, 0) is 0 Å². The first-order chi connectivity index (χ1) is 9.06. The standard InChI is InChI=1S/C11H12N5O2S/c1-7-8(2)19-11(12-7)14-15-13-9-3-5-10(6-4-9)16(17)18/h3-6,16H,1-2H3,(H,12,13,14)/q-1. The number of thiazole rings is 1. The van der Waals surface area contributed by atoms with Crippen molar-refractivity contribution in [2.24, 2.45) is 10.3 Å². The molecule has 0 saturated heterocycles. The summed E-state index contributed by atoms with van der Waals surface area (Å²) in [5.74, 6) is 0. The molecule has 1 heterocycles. The summed E-state index contributed by atoms with van der Waals surface area (Å²) in [4.78, 5) is 5.31. The number of hydrogen-bond acceptors (Lipinski definition) is 6. The molecule has 2 rings (SSSR count). The second-order valence-electron chi connectivity index (χ2n) is 3.81.